The summed E-state index contributed by atoms with van der Waals surface area (Å²) in [5.74, 6) is 0.169. The normalized spacial score (nSPS) is 23.5. The van der Waals surface area contributed by atoms with Crippen molar-refractivity contribution in [1.29, 1.82) is 0 Å². The molecular formula is C23H28N2O2S. The molecule has 28 heavy (non-hydrogen) atoms. The fraction of sp³-hybridized carbons (Fsp3) is 0.478. The summed E-state index contributed by atoms with van der Waals surface area (Å²) in [6, 6.07) is 12.0. The molecule has 2 amide bonds. The number of carbonyl (C=O) groups is 2. The van der Waals surface area contributed by atoms with Crippen molar-refractivity contribution in [3.8, 4) is 0 Å². The number of hydrogen-bond donors (Lipinski definition) is 0. The van der Waals surface area contributed by atoms with Gasteiger partial charge in [-0.2, -0.15) is 0 Å². The van der Waals surface area contributed by atoms with Crippen LogP contribution < -0.4 is 4.90 Å². The van der Waals surface area contributed by atoms with Crippen LogP contribution in [0.25, 0.3) is 0 Å². The third kappa shape index (κ3) is 3.86. The summed E-state index contributed by atoms with van der Waals surface area (Å²) in [6.45, 7) is 3.75. The third-order valence-corrected chi connectivity index (χ3v) is 6.92. The van der Waals surface area contributed by atoms with Gasteiger partial charge in [-0.1, -0.05) is 36.6 Å². The highest BCUT2D eigenvalue weighted by atomic mass is 32.1. The first-order valence-corrected chi connectivity index (χ1v) is 11.2. The Bertz CT molecular complexity index is 808. The highest BCUT2D eigenvalue weighted by Crippen LogP contribution is 2.42. The van der Waals surface area contributed by atoms with Crippen molar-refractivity contribution >= 4 is 28.8 Å². The number of carbonyl (C=O) groups excluding carboxylic acids is 2. The second-order valence-corrected chi connectivity index (χ2v) is 8.92. The number of piperidine rings is 1. The SMILES string of the molecule is Cc1ccc(N2C(=O)CC[C@H](C(=O)N3CCCCCC3)[C@H]2c2cccs2)cc1. The zero-order valence-corrected chi connectivity index (χ0v) is 17.3. The van der Waals surface area contributed by atoms with E-state index in [1.54, 1.807) is 11.3 Å². The first kappa shape index (κ1) is 19.2. The van der Waals surface area contributed by atoms with Gasteiger partial charge in [0.05, 0.1) is 12.0 Å². The minimum atomic E-state index is -0.209. The molecule has 1 aromatic carbocycles. The summed E-state index contributed by atoms with van der Waals surface area (Å²) < 4.78 is 0. The number of likely N-dealkylation sites (tertiary alicyclic amines) is 1. The number of thiophene rings is 1. The van der Waals surface area contributed by atoms with Gasteiger partial charge in [0.1, 0.15) is 0 Å². The lowest BCUT2D eigenvalue weighted by molar-refractivity contribution is -0.138. The van der Waals surface area contributed by atoms with E-state index in [4.69, 9.17) is 0 Å². The summed E-state index contributed by atoms with van der Waals surface area (Å²) in [5.41, 5.74) is 2.06. The smallest absolute Gasteiger partial charge is 0.228 e. The number of aryl methyl sites for hydroxylation is 1. The van der Waals surface area contributed by atoms with E-state index >= 15 is 0 Å². The van der Waals surface area contributed by atoms with Crippen LogP contribution in [0.2, 0.25) is 0 Å². The van der Waals surface area contributed by atoms with Gasteiger partial charge in [-0.3, -0.25) is 9.59 Å². The lowest BCUT2D eigenvalue weighted by Gasteiger charge is -2.41. The van der Waals surface area contributed by atoms with Gasteiger partial charge in [-0.05, 0) is 49.8 Å². The van der Waals surface area contributed by atoms with Crippen LogP contribution in [0.5, 0.6) is 0 Å². The molecule has 2 atom stereocenters. The molecule has 2 aliphatic heterocycles. The summed E-state index contributed by atoms with van der Waals surface area (Å²) in [4.78, 5) is 31.6. The molecule has 2 saturated heterocycles. The molecule has 2 aliphatic rings. The minimum absolute atomic E-state index is 0.113. The molecule has 3 heterocycles. The Labute approximate surface area is 171 Å². The molecule has 0 spiro atoms. The van der Waals surface area contributed by atoms with E-state index in [1.807, 2.05) is 47.5 Å². The molecule has 1 aromatic heterocycles. The molecule has 148 valence electrons. The fourth-order valence-electron chi connectivity index (χ4n) is 4.47. The van der Waals surface area contributed by atoms with Crippen LogP contribution in [0.1, 0.15) is 55.0 Å². The predicted octanol–water partition coefficient (Wildman–Crippen LogP) is 4.94. The van der Waals surface area contributed by atoms with Crippen molar-refractivity contribution in [1.82, 2.24) is 4.90 Å². The third-order valence-electron chi connectivity index (χ3n) is 5.98. The molecule has 0 radical (unpaired) electrons. The van der Waals surface area contributed by atoms with Gasteiger partial charge in [-0.25, -0.2) is 0 Å². The van der Waals surface area contributed by atoms with E-state index in [0.717, 1.165) is 42.1 Å². The zero-order chi connectivity index (χ0) is 19.5. The van der Waals surface area contributed by atoms with E-state index in [-0.39, 0.29) is 23.8 Å². The quantitative estimate of drug-likeness (QED) is 0.737. The highest BCUT2D eigenvalue weighted by Gasteiger charge is 2.43. The number of rotatable bonds is 3. The number of amides is 2. The summed E-state index contributed by atoms with van der Waals surface area (Å²) >= 11 is 1.64. The molecule has 0 bridgehead atoms. The van der Waals surface area contributed by atoms with E-state index < -0.39 is 0 Å². The maximum absolute atomic E-state index is 13.5. The minimum Gasteiger partial charge on any atom is -0.342 e. The predicted molar refractivity (Wildman–Crippen MR) is 113 cm³/mol. The summed E-state index contributed by atoms with van der Waals surface area (Å²) in [5, 5.41) is 2.04. The van der Waals surface area contributed by atoms with Crippen molar-refractivity contribution in [3.63, 3.8) is 0 Å². The van der Waals surface area contributed by atoms with Gasteiger partial charge >= 0.3 is 0 Å². The fourth-order valence-corrected chi connectivity index (χ4v) is 5.35. The van der Waals surface area contributed by atoms with Crippen LogP contribution in [0.3, 0.4) is 0 Å². The summed E-state index contributed by atoms with van der Waals surface area (Å²) in [7, 11) is 0. The topological polar surface area (TPSA) is 40.6 Å². The largest absolute Gasteiger partial charge is 0.342 e. The van der Waals surface area contributed by atoms with Gasteiger partial charge in [-0.15, -0.1) is 11.3 Å². The van der Waals surface area contributed by atoms with Crippen molar-refractivity contribution in [2.75, 3.05) is 18.0 Å². The summed E-state index contributed by atoms with van der Waals surface area (Å²) in [6.07, 6.45) is 5.65. The Hall–Kier alpha value is -2.14. The molecule has 0 aliphatic carbocycles. The second kappa shape index (κ2) is 8.48. The van der Waals surface area contributed by atoms with Gasteiger partial charge in [0.2, 0.25) is 11.8 Å². The van der Waals surface area contributed by atoms with Gasteiger partial charge in [0.15, 0.2) is 0 Å². The molecule has 5 heteroatoms. The number of nitrogens with zero attached hydrogens (tertiary/aromatic N) is 2. The maximum atomic E-state index is 13.5. The van der Waals surface area contributed by atoms with Crippen LogP contribution >= 0.6 is 11.3 Å². The van der Waals surface area contributed by atoms with E-state index in [0.29, 0.717) is 12.8 Å². The van der Waals surface area contributed by atoms with Gasteiger partial charge < -0.3 is 9.80 Å². The lowest BCUT2D eigenvalue weighted by Crippen LogP contribution is -2.49. The van der Waals surface area contributed by atoms with Crippen LogP contribution in [0.15, 0.2) is 41.8 Å². The highest BCUT2D eigenvalue weighted by molar-refractivity contribution is 7.10. The number of benzene rings is 1. The number of anilines is 1. The van der Waals surface area contributed by atoms with E-state index in [9.17, 15) is 9.59 Å². The lowest BCUT2D eigenvalue weighted by atomic mass is 9.85. The van der Waals surface area contributed by atoms with E-state index in [1.165, 1.54) is 12.8 Å². The molecule has 0 saturated carbocycles. The van der Waals surface area contributed by atoms with Crippen LogP contribution in [0.4, 0.5) is 5.69 Å². The number of hydrogen-bond acceptors (Lipinski definition) is 3. The standard InChI is InChI=1S/C23H28N2O2S/c1-17-8-10-18(11-9-17)25-21(26)13-12-19(22(25)20-7-6-16-28-20)23(27)24-14-4-2-3-5-15-24/h6-11,16,19,22H,2-5,12-15H2,1H3/t19-,22-/m0/s1. The molecule has 4 rings (SSSR count). The molecule has 2 fully saturated rings. The van der Waals surface area contributed by atoms with Crippen LogP contribution in [-0.2, 0) is 9.59 Å². The molecule has 0 unspecified atom stereocenters. The molecule has 0 N–H and O–H groups in total. The van der Waals surface area contributed by atoms with E-state index in [2.05, 4.69) is 11.0 Å². The molecular weight excluding hydrogens is 368 g/mol. The van der Waals surface area contributed by atoms with Crippen molar-refractivity contribution in [3.05, 3.63) is 52.2 Å². The van der Waals surface area contributed by atoms with Gasteiger partial charge in [0.25, 0.3) is 0 Å². The van der Waals surface area contributed by atoms with Crippen molar-refractivity contribution in [2.24, 2.45) is 5.92 Å². The van der Waals surface area contributed by atoms with Crippen molar-refractivity contribution in [2.45, 2.75) is 51.5 Å². The Morgan fingerprint density at radius 1 is 1.04 bits per heavy atom. The Morgan fingerprint density at radius 2 is 1.75 bits per heavy atom. The maximum Gasteiger partial charge on any atom is 0.228 e. The van der Waals surface area contributed by atoms with Crippen molar-refractivity contribution < 1.29 is 9.59 Å². The Kier molecular flexibility index (Phi) is 5.81. The molecule has 2 aromatic rings. The first-order chi connectivity index (χ1) is 13.6. The molecule has 4 nitrogen and oxygen atoms in total. The van der Waals surface area contributed by atoms with Crippen LogP contribution in [0, 0.1) is 12.8 Å². The van der Waals surface area contributed by atoms with Gasteiger partial charge in [0, 0.05) is 30.1 Å². The first-order valence-electron chi connectivity index (χ1n) is 10.4. The Morgan fingerprint density at radius 3 is 2.39 bits per heavy atom. The monoisotopic (exact) mass is 396 g/mol. The average molecular weight is 397 g/mol. The van der Waals surface area contributed by atoms with Crippen LogP contribution in [-0.4, -0.2) is 29.8 Å². The Balaban J connectivity index is 1.70. The second-order valence-electron chi connectivity index (χ2n) is 7.94. The average Bonchev–Trinajstić information content (AvgIpc) is 3.10. The zero-order valence-electron chi connectivity index (χ0n) is 16.5.